The molecule has 8 heteroatoms. The summed E-state index contributed by atoms with van der Waals surface area (Å²) in [4.78, 5) is 18.0. The van der Waals surface area contributed by atoms with Gasteiger partial charge in [-0.3, -0.25) is 0 Å². The molecule has 0 saturated heterocycles. The van der Waals surface area contributed by atoms with Gasteiger partial charge in [0.1, 0.15) is 5.75 Å². The van der Waals surface area contributed by atoms with Gasteiger partial charge in [-0.05, 0) is 78.1 Å². The molecule has 0 N–H and O–H groups in total. The molecule has 0 aromatic heterocycles. The molecule has 3 aromatic rings. The number of ether oxygens (including phenoxy) is 3. The van der Waals surface area contributed by atoms with E-state index < -0.39 is 5.97 Å². The van der Waals surface area contributed by atoms with Crippen LogP contribution < -0.4 is 14.2 Å². The third kappa shape index (κ3) is 4.49. The highest BCUT2D eigenvalue weighted by Crippen LogP contribution is 2.51. The molecule has 0 spiro atoms. The number of nitrogens with zero attached hydrogens (tertiary/aromatic N) is 1. The molecule has 2 aliphatic rings. The smallest absolute Gasteiger partial charge is 0.367 e. The van der Waals surface area contributed by atoms with E-state index in [1.54, 1.807) is 13.2 Å². The summed E-state index contributed by atoms with van der Waals surface area (Å²) in [6.07, 6.45) is 0.865. The average Bonchev–Trinajstić information content (AvgIpc) is 3.46. The van der Waals surface area contributed by atoms with Crippen molar-refractivity contribution < 1.29 is 23.8 Å². The number of halogens is 2. The summed E-state index contributed by atoms with van der Waals surface area (Å²) in [5.74, 6) is 1.86. The maximum Gasteiger partial charge on any atom is 0.367 e. The van der Waals surface area contributed by atoms with Gasteiger partial charge in [-0.1, -0.05) is 34.4 Å². The van der Waals surface area contributed by atoms with E-state index in [9.17, 15) is 4.79 Å². The predicted octanol–water partition coefficient (Wildman–Crippen LogP) is 6.10. The molecule has 6 nitrogen and oxygen atoms in total. The van der Waals surface area contributed by atoms with Crippen LogP contribution in [0.5, 0.6) is 17.2 Å². The highest BCUT2D eigenvalue weighted by Gasteiger charge is 2.43. The van der Waals surface area contributed by atoms with Crippen LogP contribution in [0.15, 0.2) is 65.8 Å². The zero-order chi connectivity index (χ0) is 22.9. The second-order valence-corrected chi connectivity index (χ2v) is 8.61. The summed E-state index contributed by atoms with van der Waals surface area (Å²) in [5.41, 5.74) is 2.84. The molecule has 0 radical (unpaired) electrons. The van der Waals surface area contributed by atoms with E-state index in [1.807, 2.05) is 42.5 Å². The van der Waals surface area contributed by atoms with Gasteiger partial charge in [0.25, 0.3) is 0 Å². The summed E-state index contributed by atoms with van der Waals surface area (Å²) in [6.45, 7) is 0.231. The van der Waals surface area contributed by atoms with Crippen molar-refractivity contribution in [2.75, 3.05) is 13.9 Å². The Balaban J connectivity index is 1.41. The zero-order valence-corrected chi connectivity index (χ0v) is 19.1. The van der Waals surface area contributed by atoms with E-state index in [4.69, 9.17) is 42.3 Å². The lowest BCUT2D eigenvalue weighted by atomic mass is 10.0. The van der Waals surface area contributed by atoms with Gasteiger partial charge < -0.3 is 19.0 Å². The van der Waals surface area contributed by atoms with Crippen molar-refractivity contribution in [3.05, 3.63) is 87.4 Å². The minimum atomic E-state index is -0.650. The van der Waals surface area contributed by atoms with Crippen LogP contribution in [0.1, 0.15) is 33.8 Å². The first-order chi connectivity index (χ1) is 16.0. The number of fused-ring (bicyclic) bond motifs is 1. The minimum absolute atomic E-state index is 0.0762. The van der Waals surface area contributed by atoms with E-state index in [-0.39, 0.29) is 29.2 Å². The molecular formula is C25H19Cl2NO5. The number of methoxy groups -OCH3 is 1. The highest BCUT2D eigenvalue weighted by atomic mass is 35.5. The number of hydrogen-bond acceptors (Lipinski definition) is 6. The third-order valence-electron chi connectivity index (χ3n) is 5.73. The third-order valence-corrected chi connectivity index (χ3v) is 6.28. The van der Waals surface area contributed by atoms with Crippen molar-refractivity contribution >= 4 is 34.9 Å². The van der Waals surface area contributed by atoms with Crippen molar-refractivity contribution in [2.45, 2.75) is 12.3 Å². The van der Waals surface area contributed by atoms with Gasteiger partial charge >= 0.3 is 5.97 Å². The molecular weight excluding hydrogens is 465 g/mol. The van der Waals surface area contributed by atoms with Crippen LogP contribution >= 0.6 is 23.2 Å². The first-order valence-electron chi connectivity index (χ1n) is 10.3. The number of rotatable bonds is 6. The number of oxime groups is 1. The number of benzene rings is 3. The van der Waals surface area contributed by atoms with Crippen LogP contribution in [0.3, 0.4) is 0 Å². The van der Waals surface area contributed by atoms with E-state index >= 15 is 0 Å². The topological polar surface area (TPSA) is 66.4 Å². The van der Waals surface area contributed by atoms with Gasteiger partial charge in [-0.2, -0.15) is 0 Å². The second-order valence-electron chi connectivity index (χ2n) is 7.77. The van der Waals surface area contributed by atoms with Crippen LogP contribution in [0.4, 0.5) is 0 Å². The van der Waals surface area contributed by atoms with Crippen molar-refractivity contribution in [3.63, 3.8) is 0 Å². The lowest BCUT2D eigenvalue weighted by Crippen LogP contribution is -2.10. The molecule has 33 heavy (non-hydrogen) atoms. The van der Waals surface area contributed by atoms with E-state index in [0.717, 1.165) is 34.8 Å². The lowest BCUT2D eigenvalue weighted by Gasteiger charge is -2.09. The van der Waals surface area contributed by atoms with Crippen LogP contribution in [0.2, 0.25) is 10.0 Å². The normalized spacial score (nSPS) is 18.7. The number of hydrogen-bond donors (Lipinski definition) is 0. The predicted molar refractivity (Wildman–Crippen MR) is 125 cm³/mol. The molecule has 168 valence electrons. The van der Waals surface area contributed by atoms with Crippen molar-refractivity contribution in [1.82, 2.24) is 0 Å². The van der Waals surface area contributed by atoms with Crippen molar-refractivity contribution in [1.29, 1.82) is 0 Å². The fraction of sp³-hybridized carbons (Fsp3) is 0.200. The standard InChI is InChI=1S/C25H19Cl2NO5/c1-30-17-6-2-14(3-7-17)24(28-33-25(29)18-8-5-16(26)11-21(18)27)20-12-19(20)15-4-9-22-23(10-15)32-13-31-22/h2-11,19-20H,12-13H2,1H3/b28-24-/t19-,20+/m0/s1. The van der Waals surface area contributed by atoms with Gasteiger partial charge in [0.15, 0.2) is 11.5 Å². The van der Waals surface area contributed by atoms with E-state index in [2.05, 4.69) is 5.16 Å². The van der Waals surface area contributed by atoms with Gasteiger partial charge in [0, 0.05) is 10.9 Å². The fourth-order valence-electron chi connectivity index (χ4n) is 3.90. The molecule has 1 aliphatic carbocycles. The lowest BCUT2D eigenvalue weighted by molar-refractivity contribution is 0.0515. The SMILES string of the molecule is COc1ccc(/C(=N/OC(=O)c2ccc(Cl)cc2Cl)[C@@H]2C[C@H]2c2ccc3c(c2)OCO3)cc1. The molecule has 1 heterocycles. The van der Waals surface area contributed by atoms with Gasteiger partial charge in [-0.15, -0.1) is 0 Å². The molecule has 0 unspecified atom stereocenters. The summed E-state index contributed by atoms with van der Waals surface area (Å²) < 4.78 is 16.2. The average molecular weight is 484 g/mol. The van der Waals surface area contributed by atoms with Gasteiger partial charge in [0.2, 0.25) is 6.79 Å². The van der Waals surface area contributed by atoms with Crippen molar-refractivity contribution in [2.24, 2.45) is 11.1 Å². The second kappa shape index (κ2) is 8.96. The highest BCUT2D eigenvalue weighted by molar-refractivity contribution is 6.36. The minimum Gasteiger partial charge on any atom is -0.497 e. The fourth-order valence-corrected chi connectivity index (χ4v) is 4.39. The van der Waals surface area contributed by atoms with Crippen LogP contribution in [-0.4, -0.2) is 25.6 Å². The Hall–Kier alpha value is -3.22. The Kier molecular flexibility index (Phi) is 5.87. The Morgan fingerprint density at radius 2 is 1.79 bits per heavy atom. The number of carbonyl (C=O) groups is 1. The zero-order valence-electron chi connectivity index (χ0n) is 17.6. The first kappa shape index (κ1) is 21.6. The summed E-state index contributed by atoms with van der Waals surface area (Å²) in [6, 6.07) is 18.0. The van der Waals surface area contributed by atoms with Crippen LogP contribution in [-0.2, 0) is 4.84 Å². The summed E-state index contributed by atoms with van der Waals surface area (Å²) >= 11 is 12.1. The maximum atomic E-state index is 12.6. The summed E-state index contributed by atoms with van der Waals surface area (Å²) in [7, 11) is 1.61. The summed E-state index contributed by atoms with van der Waals surface area (Å²) in [5, 5.41) is 4.92. The maximum absolute atomic E-state index is 12.6. The molecule has 0 bridgehead atoms. The Morgan fingerprint density at radius 3 is 2.55 bits per heavy atom. The molecule has 1 saturated carbocycles. The monoisotopic (exact) mass is 483 g/mol. The Labute approximate surface area is 200 Å². The quantitative estimate of drug-likeness (QED) is 0.241. The molecule has 1 fully saturated rings. The molecule has 2 atom stereocenters. The first-order valence-corrected chi connectivity index (χ1v) is 11.1. The van der Waals surface area contributed by atoms with Crippen LogP contribution in [0, 0.1) is 5.92 Å². The Morgan fingerprint density at radius 1 is 1.00 bits per heavy atom. The van der Waals surface area contributed by atoms with Crippen molar-refractivity contribution in [3.8, 4) is 17.2 Å². The van der Waals surface area contributed by atoms with E-state index in [1.165, 1.54) is 12.1 Å². The molecule has 1 aliphatic heterocycles. The van der Waals surface area contributed by atoms with Gasteiger partial charge in [0.05, 0.1) is 23.4 Å². The largest absolute Gasteiger partial charge is 0.497 e. The number of carbonyl (C=O) groups excluding carboxylic acids is 1. The van der Waals surface area contributed by atoms with Crippen LogP contribution in [0.25, 0.3) is 0 Å². The molecule has 5 rings (SSSR count). The van der Waals surface area contributed by atoms with E-state index in [0.29, 0.717) is 10.7 Å². The molecule has 3 aromatic carbocycles. The van der Waals surface area contributed by atoms with Gasteiger partial charge in [-0.25, -0.2) is 4.79 Å². The Bertz CT molecular complexity index is 1240. The molecule has 0 amide bonds.